The molecule has 1 aliphatic carbocycles. The van der Waals surface area contributed by atoms with Crippen LogP contribution < -0.4 is 4.90 Å². The van der Waals surface area contributed by atoms with Crippen molar-refractivity contribution in [3.05, 3.63) is 272 Å². The fourth-order valence-electron chi connectivity index (χ4n) is 11.8. The summed E-state index contributed by atoms with van der Waals surface area (Å²) in [7, 11) is 0. The van der Waals surface area contributed by atoms with Gasteiger partial charge in [0.15, 0.2) is 0 Å². The summed E-state index contributed by atoms with van der Waals surface area (Å²) in [5.41, 5.74) is 22.8. The molecular weight excluding hydrogens is 871 g/mol. The largest absolute Gasteiger partial charge is 0.311 e. The van der Waals surface area contributed by atoms with Crippen molar-refractivity contribution < 1.29 is 0 Å². The Kier molecular flexibility index (Phi) is 9.56. The van der Waals surface area contributed by atoms with Crippen molar-refractivity contribution in [1.82, 2.24) is 9.13 Å². The highest BCUT2D eigenvalue weighted by Crippen LogP contribution is 2.50. The molecule has 0 amide bonds. The van der Waals surface area contributed by atoms with Gasteiger partial charge in [-0.15, -0.1) is 0 Å². The molecule has 72 heavy (non-hydrogen) atoms. The fraction of sp³-hybridized carbons (Fsp3) is 0.0435. The van der Waals surface area contributed by atoms with Crippen LogP contribution in [0.4, 0.5) is 17.1 Å². The maximum atomic E-state index is 2.46. The number of aromatic nitrogens is 2. The minimum absolute atomic E-state index is 0.0937. The van der Waals surface area contributed by atoms with Gasteiger partial charge in [0.25, 0.3) is 0 Å². The molecule has 3 heteroatoms. The summed E-state index contributed by atoms with van der Waals surface area (Å²) in [6.07, 6.45) is 0. The third-order valence-corrected chi connectivity index (χ3v) is 15.3. The zero-order chi connectivity index (χ0) is 47.9. The van der Waals surface area contributed by atoms with Gasteiger partial charge in [0.05, 0.1) is 22.1 Å². The molecule has 0 radical (unpaired) electrons. The Labute approximate surface area is 419 Å². The second-order valence-electron chi connectivity index (χ2n) is 19.8. The van der Waals surface area contributed by atoms with Crippen molar-refractivity contribution in [2.45, 2.75) is 19.3 Å². The van der Waals surface area contributed by atoms with Crippen LogP contribution in [0.2, 0.25) is 0 Å². The van der Waals surface area contributed by atoms with Gasteiger partial charge in [0.2, 0.25) is 0 Å². The van der Waals surface area contributed by atoms with E-state index >= 15 is 0 Å². The smallest absolute Gasteiger partial charge is 0.0541 e. The van der Waals surface area contributed by atoms with E-state index in [2.05, 4.69) is 289 Å². The normalized spacial score (nSPS) is 12.7. The fourth-order valence-corrected chi connectivity index (χ4v) is 11.8. The van der Waals surface area contributed by atoms with Crippen LogP contribution in [0.1, 0.15) is 25.0 Å². The minimum Gasteiger partial charge on any atom is -0.311 e. The second-order valence-corrected chi connectivity index (χ2v) is 19.8. The summed E-state index contributed by atoms with van der Waals surface area (Å²) in [5, 5.41) is 4.95. The number of nitrogens with zero attached hydrogens (tertiary/aromatic N) is 3. The van der Waals surface area contributed by atoms with Gasteiger partial charge >= 0.3 is 0 Å². The number of hydrogen-bond acceptors (Lipinski definition) is 1. The average Bonchev–Trinajstić information content (AvgIpc) is 4.04. The molecule has 0 spiro atoms. The minimum atomic E-state index is -0.0937. The SMILES string of the molecule is CC1(C)c2ccccc2-c2ccc(-n3c4ccccc4c4cc(-c5cc(-c6ccc(N(c7ccccc7)c7ccccc7)cc6)cc(-c6ccc7c(c6)c6ccccc6n7-c6ccccc6)c5)ccc43)cc21. The first-order valence-corrected chi connectivity index (χ1v) is 25.0. The molecule has 340 valence electrons. The van der Waals surface area contributed by atoms with Crippen molar-refractivity contribution in [3.8, 4) is 55.9 Å². The number of benzene rings is 11. The molecule has 13 aromatic rings. The van der Waals surface area contributed by atoms with E-state index in [0.717, 1.165) is 33.9 Å². The highest BCUT2D eigenvalue weighted by atomic mass is 15.1. The molecule has 1 aliphatic rings. The van der Waals surface area contributed by atoms with Crippen LogP contribution in [0.5, 0.6) is 0 Å². The lowest BCUT2D eigenvalue weighted by Crippen LogP contribution is -2.15. The molecule has 0 fully saturated rings. The number of anilines is 3. The first-order chi connectivity index (χ1) is 35.5. The van der Waals surface area contributed by atoms with Gasteiger partial charge in [-0.3, -0.25) is 0 Å². The highest BCUT2D eigenvalue weighted by Gasteiger charge is 2.35. The summed E-state index contributed by atoms with van der Waals surface area (Å²) in [6.45, 7) is 4.73. The van der Waals surface area contributed by atoms with E-state index in [1.165, 1.54) is 93.8 Å². The Morgan fingerprint density at radius 1 is 0.278 bits per heavy atom. The molecule has 11 aromatic carbocycles. The van der Waals surface area contributed by atoms with Crippen LogP contribution in [0.3, 0.4) is 0 Å². The van der Waals surface area contributed by atoms with Gasteiger partial charge in [-0.25, -0.2) is 0 Å². The predicted octanol–water partition coefficient (Wildman–Crippen LogP) is 18.7. The van der Waals surface area contributed by atoms with Crippen LogP contribution in [0.15, 0.2) is 261 Å². The zero-order valence-electron chi connectivity index (χ0n) is 40.2. The van der Waals surface area contributed by atoms with Crippen molar-refractivity contribution in [3.63, 3.8) is 0 Å². The summed E-state index contributed by atoms with van der Waals surface area (Å²) in [5.74, 6) is 0. The number of hydrogen-bond donors (Lipinski definition) is 0. The lowest BCUT2D eigenvalue weighted by molar-refractivity contribution is 0.660. The van der Waals surface area contributed by atoms with Gasteiger partial charge in [-0.05, 0) is 171 Å². The number of rotatable bonds is 8. The molecule has 0 saturated carbocycles. The summed E-state index contributed by atoms with van der Waals surface area (Å²) in [4.78, 5) is 2.32. The predicted molar refractivity (Wildman–Crippen MR) is 304 cm³/mol. The topological polar surface area (TPSA) is 13.1 Å². The first kappa shape index (κ1) is 41.8. The molecule has 0 N–H and O–H groups in total. The van der Waals surface area contributed by atoms with E-state index in [1.807, 2.05) is 0 Å². The van der Waals surface area contributed by atoms with Gasteiger partial charge in [-0.1, -0.05) is 159 Å². The third kappa shape index (κ3) is 6.66. The van der Waals surface area contributed by atoms with E-state index in [-0.39, 0.29) is 5.41 Å². The standard InChI is InChI=1S/C69H49N3/c1-69(2)63-27-15-12-24-57(63)58-37-36-56(45-64(58)69)72-66-29-17-14-26-60(66)62-44-48(33-39-68(62)72)51-41-49(46-30-34-55(35-31-46)70(52-18-6-3-7-19-52)53-20-8-4-9-21-53)40-50(42-51)47-32-38-67-61(43-47)59-25-13-16-28-65(59)71(67)54-22-10-5-11-23-54/h3-45H,1-2H3. The lowest BCUT2D eigenvalue weighted by Gasteiger charge is -2.25. The van der Waals surface area contributed by atoms with Gasteiger partial charge in [0.1, 0.15) is 0 Å². The van der Waals surface area contributed by atoms with E-state index in [0.29, 0.717) is 0 Å². The van der Waals surface area contributed by atoms with E-state index < -0.39 is 0 Å². The summed E-state index contributed by atoms with van der Waals surface area (Å²) >= 11 is 0. The second kappa shape index (κ2) is 16.5. The van der Waals surface area contributed by atoms with Crippen LogP contribution >= 0.6 is 0 Å². The quantitative estimate of drug-likeness (QED) is 0.148. The highest BCUT2D eigenvalue weighted by molar-refractivity contribution is 6.12. The lowest BCUT2D eigenvalue weighted by atomic mass is 9.82. The average molecular weight is 920 g/mol. The number of fused-ring (bicyclic) bond motifs is 9. The maximum absolute atomic E-state index is 2.46. The first-order valence-electron chi connectivity index (χ1n) is 25.0. The molecule has 2 aromatic heterocycles. The molecular formula is C69H49N3. The van der Waals surface area contributed by atoms with Gasteiger partial charge in [-0.2, -0.15) is 0 Å². The molecule has 3 nitrogen and oxygen atoms in total. The summed E-state index contributed by atoms with van der Waals surface area (Å²) in [6, 6.07) is 95.9. The summed E-state index contributed by atoms with van der Waals surface area (Å²) < 4.78 is 4.85. The molecule has 0 bridgehead atoms. The Bertz CT molecular complexity index is 4180. The molecule has 2 heterocycles. The Morgan fingerprint density at radius 3 is 1.29 bits per heavy atom. The monoisotopic (exact) mass is 919 g/mol. The van der Waals surface area contributed by atoms with Gasteiger partial charge < -0.3 is 14.0 Å². The van der Waals surface area contributed by atoms with Crippen LogP contribution in [-0.4, -0.2) is 9.13 Å². The van der Waals surface area contributed by atoms with Gasteiger partial charge in [0, 0.05) is 55.4 Å². The maximum Gasteiger partial charge on any atom is 0.0541 e. The Balaban J connectivity index is 0.933. The van der Waals surface area contributed by atoms with Crippen molar-refractivity contribution >= 4 is 60.7 Å². The third-order valence-electron chi connectivity index (χ3n) is 15.3. The Hall–Kier alpha value is -9.18. The molecule has 0 aliphatic heterocycles. The van der Waals surface area contributed by atoms with Crippen molar-refractivity contribution in [2.75, 3.05) is 4.90 Å². The van der Waals surface area contributed by atoms with Crippen LogP contribution in [-0.2, 0) is 5.41 Å². The van der Waals surface area contributed by atoms with Crippen LogP contribution in [0.25, 0.3) is 99.5 Å². The molecule has 0 saturated heterocycles. The van der Waals surface area contributed by atoms with E-state index in [9.17, 15) is 0 Å². The van der Waals surface area contributed by atoms with Crippen molar-refractivity contribution in [2.24, 2.45) is 0 Å². The van der Waals surface area contributed by atoms with E-state index in [4.69, 9.17) is 0 Å². The van der Waals surface area contributed by atoms with Crippen LogP contribution in [0, 0.1) is 0 Å². The Morgan fingerprint density at radius 2 is 0.708 bits per heavy atom. The zero-order valence-corrected chi connectivity index (χ0v) is 40.2. The molecule has 0 atom stereocenters. The number of para-hydroxylation sites is 5. The van der Waals surface area contributed by atoms with Crippen molar-refractivity contribution in [1.29, 1.82) is 0 Å². The molecule has 0 unspecified atom stereocenters. The van der Waals surface area contributed by atoms with E-state index in [1.54, 1.807) is 0 Å². The molecule has 14 rings (SSSR count).